The Labute approximate surface area is 161 Å². The third kappa shape index (κ3) is 4.80. The summed E-state index contributed by atoms with van der Waals surface area (Å²) in [7, 11) is -0.261. The first-order valence-electron chi connectivity index (χ1n) is 9.02. The molecule has 2 aromatic carbocycles. The molecule has 0 bridgehead atoms. The van der Waals surface area contributed by atoms with E-state index in [1.54, 1.807) is 42.8 Å². The molecule has 0 unspecified atom stereocenters. The Morgan fingerprint density at radius 1 is 0.815 bits per heavy atom. The molecule has 2 aromatic rings. The molecule has 0 aliphatic carbocycles. The highest BCUT2D eigenvalue weighted by Gasteiger charge is 2.26. The van der Waals surface area contributed by atoms with Crippen molar-refractivity contribution in [1.29, 1.82) is 0 Å². The van der Waals surface area contributed by atoms with E-state index in [4.69, 9.17) is 9.47 Å². The number of hydrogen-bond acceptors (Lipinski definition) is 5. The standard InChI is InChI=1S/C20H26N2O4S/c1-25-18-6-4-17(5-7-18)16-21-12-3-13-22(15-14-21)27(23,24)20-10-8-19(26-2)9-11-20/h4-11H,3,12-16H2,1-2H3. The van der Waals surface area contributed by atoms with Crippen molar-refractivity contribution in [1.82, 2.24) is 9.21 Å². The van der Waals surface area contributed by atoms with E-state index >= 15 is 0 Å². The van der Waals surface area contributed by atoms with Crippen LogP contribution in [-0.4, -0.2) is 58.0 Å². The molecule has 7 heteroatoms. The van der Waals surface area contributed by atoms with Crippen molar-refractivity contribution in [3.63, 3.8) is 0 Å². The van der Waals surface area contributed by atoms with Crippen LogP contribution in [-0.2, 0) is 16.6 Å². The van der Waals surface area contributed by atoms with Crippen LogP contribution < -0.4 is 9.47 Å². The SMILES string of the molecule is COc1ccc(CN2CCCN(S(=O)(=O)c3ccc(OC)cc3)CC2)cc1. The molecule has 0 N–H and O–H groups in total. The lowest BCUT2D eigenvalue weighted by Gasteiger charge is -2.22. The number of rotatable bonds is 6. The fourth-order valence-electron chi connectivity index (χ4n) is 3.23. The first-order chi connectivity index (χ1) is 13.0. The number of nitrogens with zero attached hydrogens (tertiary/aromatic N) is 2. The van der Waals surface area contributed by atoms with Crippen LogP contribution >= 0.6 is 0 Å². The largest absolute Gasteiger partial charge is 0.497 e. The molecule has 1 fully saturated rings. The molecule has 6 nitrogen and oxygen atoms in total. The van der Waals surface area contributed by atoms with E-state index in [0.29, 0.717) is 30.3 Å². The summed E-state index contributed by atoms with van der Waals surface area (Å²) in [5, 5.41) is 0. The van der Waals surface area contributed by atoms with E-state index in [2.05, 4.69) is 17.0 Å². The maximum Gasteiger partial charge on any atom is 0.243 e. The fourth-order valence-corrected chi connectivity index (χ4v) is 4.70. The Morgan fingerprint density at radius 2 is 1.41 bits per heavy atom. The van der Waals surface area contributed by atoms with Crippen LogP contribution in [0.2, 0.25) is 0 Å². The average Bonchev–Trinajstić information content (AvgIpc) is 2.95. The maximum atomic E-state index is 12.9. The molecule has 0 atom stereocenters. The second-order valence-corrected chi connectivity index (χ2v) is 8.50. The molecule has 1 aliphatic rings. The Morgan fingerprint density at radius 3 is 2.00 bits per heavy atom. The first kappa shape index (κ1) is 19.7. The number of methoxy groups -OCH3 is 2. The zero-order chi connectivity index (χ0) is 19.3. The number of sulfonamides is 1. The summed E-state index contributed by atoms with van der Waals surface area (Å²) in [6, 6.07) is 14.6. The lowest BCUT2D eigenvalue weighted by atomic mass is 10.2. The molecule has 27 heavy (non-hydrogen) atoms. The minimum atomic E-state index is -3.48. The summed E-state index contributed by atoms with van der Waals surface area (Å²) >= 11 is 0. The van der Waals surface area contributed by atoms with Crippen LogP contribution in [0.15, 0.2) is 53.4 Å². The molecule has 0 amide bonds. The summed E-state index contributed by atoms with van der Waals surface area (Å²) < 4.78 is 37.7. The van der Waals surface area contributed by atoms with Gasteiger partial charge in [0.1, 0.15) is 11.5 Å². The summed E-state index contributed by atoms with van der Waals surface area (Å²) in [6.07, 6.45) is 0.811. The second-order valence-electron chi connectivity index (χ2n) is 6.56. The van der Waals surface area contributed by atoms with Gasteiger partial charge in [-0.05, 0) is 54.9 Å². The zero-order valence-electron chi connectivity index (χ0n) is 15.8. The van der Waals surface area contributed by atoms with E-state index in [0.717, 1.165) is 25.3 Å². The van der Waals surface area contributed by atoms with Gasteiger partial charge in [-0.3, -0.25) is 4.90 Å². The van der Waals surface area contributed by atoms with Crippen LogP contribution in [0.3, 0.4) is 0 Å². The van der Waals surface area contributed by atoms with Gasteiger partial charge < -0.3 is 9.47 Å². The minimum absolute atomic E-state index is 0.312. The monoisotopic (exact) mass is 390 g/mol. The van der Waals surface area contributed by atoms with Gasteiger partial charge in [0.05, 0.1) is 19.1 Å². The molecular formula is C20H26N2O4S. The highest BCUT2D eigenvalue weighted by atomic mass is 32.2. The summed E-state index contributed by atoms with van der Waals surface area (Å²) in [4.78, 5) is 2.61. The molecule has 0 aromatic heterocycles. The van der Waals surface area contributed by atoms with Gasteiger partial charge >= 0.3 is 0 Å². The molecule has 0 spiro atoms. The number of hydrogen-bond donors (Lipinski definition) is 0. The Bertz CT molecular complexity index is 835. The summed E-state index contributed by atoms with van der Waals surface area (Å²) in [6.45, 7) is 3.42. The van der Waals surface area contributed by atoms with Gasteiger partial charge in [-0.1, -0.05) is 12.1 Å². The third-order valence-corrected chi connectivity index (χ3v) is 6.72. The zero-order valence-corrected chi connectivity index (χ0v) is 16.6. The van der Waals surface area contributed by atoms with E-state index in [9.17, 15) is 8.42 Å². The molecule has 1 aliphatic heterocycles. The van der Waals surface area contributed by atoms with Crippen molar-refractivity contribution in [2.45, 2.75) is 17.9 Å². The molecule has 0 saturated carbocycles. The van der Waals surface area contributed by atoms with E-state index < -0.39 is 10.0 Å². The Hall–Kier alpha value is -2.09. The lowest BCUT2D eigenvalue weighted by molar-refractivity contribution is 0.278. The van der Waals surface area contributed by atoms with Crippen LogP contribution in [0.5, 0.6) is 11.5 Å². The van der Waals surface area contributed by atoms with Gasteiger partial charge in [0.2, 0.25) is 10.0 Å². The highest BCUT2D eigenvalue weighted by Crippen LogP contribution is 2.21. The molecule has 0 radical (unpaired) electrons. The Kier molecular flexibility index (Phi) is 6.36. The van der Waals surface area contributed by atoms with E-state index in [-0.39, 0.29) is 0 Å². The fraction of sp³-hybridized carbons (Fsp3) is 0.400. The second kappa shape index (κ2) is 8.73. The van der Waals surface area contributed by atoms with Crippen LogP contribution in [0, 0.1) is 0 Å². The van der Waals surface area contributed by atoms with Crippen molar-refractivity contribution in [3.8, 4) is 11.5 Å². The lowest BCUT2D eigenvalue weighted by Crippen LogP contribution is -2.35. The van der Waals surface area contributed by atoms with Gasteiger partial charge in [0.25, 0.3) is 0 Å². The number of ether oxygens (including phenoxy) is 2. The molecule has 1 saturated heterocycles. The summed E-state index contributed by atoms with van der Waals surface area (Å²) in [5.41, 5.74) is 1.20. The van der Waals surface area contributed by atoms with E-state index in [1.807, 2.05) is 12.1 Å². The van der Waals surface area contributed by atoms with Crippen LogP contribution in [0.25, 0.3) is 0 Å². The van der Waals surface area contributed by atoms with Crippen LogP contribution in [0.1, 0.15) is 12.0 Å². The third-order valence-electron chi connectivity index (χ3n) is 4.81. The van der Waals surface area contributed by atoms with Gasteiger partial charge in [-0.25, -0.2) is 8.42 Å². The molecular weight excluding hydrogens is 364 g/mol. The smallest absolute Gasteiger partial charge is 0.243 e. The van der Waals surface area contributed by atoms with Gasteiger partial charge in [0, 0.05) is 26.2 Å². The predicted molar refractivity (Wildman–Crippen MR) is 105 cm³/mol. The van der Waals surface area contributed by atoms with Gasteiger partial charge in [-0.2, -0.15) is 4.31 Å². The highest BCUT2D eigenvalue weighted by molar-refractivity contribution is 7.89. The van der Waals surface area contributed by atoms with Crippen molar-refractivity contribution in [2.75, 3.05) is 40.4 Å². The normalized spacial score (nSPS) is 16.7. The number of benzene rings is 2. The van der Waals surface area contributed by atoms with Crippen molar-refractivity contribution < 1.29 is 17.9 Å². The van der Waals surface area contributed by atoms with Gasteiger partial charge in [-0.15, -0.1) is 0 Å². The molecule has 146 valence electrons. The molecule has 1 heterocycles. The average molecular weight is 391 g/mol. The van der Waals surface area contributed by atoms with E-state index in [1.165, 1.54) is 5.56 Å². The summed E-state index contributed by atoms with van der Waals surface area (Å²) in [5.74, 6) is 1.49. The maximum absolute atomic E-state index is 12.9. The predicted octanol–water partition coefficient (Wildman–Crippen LogP) is 2.60. The van der Waals surface area contributed by atoms with Gasteiger partial charge in [0.15, 0.2) is 0 Å². The molecule has 3 rings (SSSR count). The van der Waals surface area contributed by atoms with Crippen molar-refractivity contribution in [3.05, 3.63) is 54.1 Å². The van der Waals surface area contributed by atoms with Crippen molar-refractivity contribution >= 4 is 10.0 Å². The van der Waals surface area contributed by atoms with Crippen LogP contribution in [0.4, 0.5) is 0 Å². The first-order valence-corrected chi connectivity index (χ1v) is 10.5. The van der Waals surface area contributed by atoms with Crippen molar-refractivity contribution in [2.24, 2.45) is 0 Å². The quantitative estimate of drug-likeness (QED) is 0.759. The Balaban J connectivity index is 1.64. The topological polar surface area (TPSA) is 59.1 Å². The minimum Gasteiger partial charge on any atom is -0.497 e.